The lowest BCUT2D eigenvalue weighted by Gasteiger charge is -2.39. The van der Waals surface area contributed by atoms with Crippen LogP contribution in [0.5, 0.6) is 0 Å². The van der Waals surface area contributed by atoms with Gasteiger partial charge in [0.2, 0.25) is 5.91 Å². The monoisotopic (exact) mass is 562 g/mol. The summed E-state index contributed by atoms with van der Waals surface area (Å²) in [6.07, 6.45) is 1.61. The van der Waals surface area contributed by atoms with Gasteiger partial charge in [-0.2, -0.15) is 0 Å². The van der Waals surface area contributed by atoms with Crippen molar-refractivity contribution in [2.45, 2.75) is 29.8 Å². The summed E-state index contributed by atoms with van der Waals surface area (Å²) in [7, 11) is 0. The first kappa shape index (κ1) is 22.4. The van der Waals surface area contributed by atoms with Gasteiger partial charge in [-0.25, -0.2) is 0 Å². The maximum Gasteiger partial charge on any atom is 0.237 e. The van der Waals surface area contributed by atoms with E-state index in [9.17, 15) is 14.4 Å². The number of carbonyl (C=O) groups excluding carboxylic acids is 3. The van der Waals surface area contributed by atoms with Gasteiger partial charge in [0.15, 0.2) is 11.6 Å². The van der Waals surface area contributed by atoms with Gasteiger partial charge in [-0.3, -0.25) is 19.3 Å². The van der Waals surface area contributed by atoms with E-state index >= 15 is 0 Å². The molecule has 3 heterocycles. The number of carbonyl (C=O) groups is 3. The molecule has 186 valence electrons. The number of hydrogen-bond donors (Lipinski definition) is 1. The molecule has 3 aliphatic heterocycles. The molecule has 0 radical (unpaired) electrons. The Labute approximate surface area is 228 Å². The third kappa shape index (κ3) is 2.40. The number of rotatable bonds is 2. The van der Waals surface area contributed by atoms with Crippen LogP contribution in [0.2, 0.25) is 0 Å². The molecule has 0 aromatic heterocycles. The van der Waals surface area contributed by atoms with Crippen molar-refractivity contribution < 1.29 is 14.4 Å². The van der Waals surface area contributed by atoms with Crippen molar-refractivity contribution in [3.8, 4) is 0 Å². The Morgan fingerprint density at radius 3 is 2.45 bits per heavy atom. The number of ketones is 2. The van der Waals surface area contributed by atoms with E-state index in [0.29, 0.717) is 17.7 Å². The highest BCUT2D eigenvalue weighted by Crippen LogP contribution is 2.67. The Bertz CT molecular complexity index is 1730. The second-order valence-corrected chi connectivity index (χ2v) is 11.7. The third-order valence-corrected chi connectivity index (χ3v) is 9.93. The molecule has 8 rings (SSSR count). The van der Waals surface area contributed by atoms with E-state index in [2.05, 4.69) is 26.1 Å². The topological polar surface area (TPSA) is 66.5 Å². The number of benzene rings is 4. The van der Waals surface area contributed by atoms with Gasteiger partial charge in [-0.05, 0) is 59.5 Å². The van der Waals surface area contributed by atoms with Crippen molar-refractivity contribution in [3.63, 3.8) is 0 Å². The molecule has 4 aromatic carbocycles. The highest BCUT2D eigenvalue weighted by Gasteiger charge is 2.78. The van der Waals surface area contributed by atoms with E-state index in [0.717, 1.165) is 44.9 Å². The zero-order valence-electron chi connectivity index (χ0n) is 20.4. The van der Waals surface area contributed by atoms with Crippen molar-refractivity contribution in [2.75, 3.05) is 11.9 Å². The van der Waals surface area contributed by atoms with E-state index in [4.69, 9.17) is 0 Å². The second-order valence-electron chi connectivity index (χ2n) is 10.8. The fraction of sp³-hybridized carbons (Fsp3) is 0.219. The molecule has 2 spiro atoms. The molecule has 5 nitrogen and oxygen atoms in total. The summed E-state index contributed by atoms with van der Waals surface area (Å²) in [6.45, 7) is 0.655. The first-order chi connectivity index (χ1) is 18.5. The van der Waals surface area contributed by atoms with Crippen LogP contribution in [0, 0.1) is 5.92 Å². The Kier molecular flexibility index (Phi) is 4.41. The van der Waals surface area contributed by atoms with Gasteiger partial charge in [0.25, 0.3) is 0 Å². The zero-order chi connectivity index (χ0) is 25.8. The number of nitrogens with one attached hydrogen (secondary N) is 1. The normalized spacial score (nSPS) is 28.9. The quantitative estimate of drug-likeness (QED) is 0.311. The minimum absolute atomic E-state index is 0.0688. The maximum atomic E-state index is 14.9. The van der Waals surface area contributed by atoms with E-state index < -0.39 is 16.9 Å². The minimum atomic E-state index is -1.26. The summed E-state index contributed by atoms with van der Waals surface area (Å²) in [6, 6.07) is 26.5. The Hall–Kier alpha value is -3.61. The Balaban J connectivity index is 1.51. The number of amides is 1. The summed E-state index contributed by atoms with van der Waals surface area (Å²) in [5, 5.41) is 5.00. The number of fused-ring (bicyclic) bond motifs is 6. The molecule has 4 atom stereocenters. The standard InChI is InChI=1S/C32H23BrN2O3/c33-20-15-13-19(14-16-20)27(36)28-31(22-9-1-2-11-24(22)34-30(31)38)25-12-5-17-35(25)32(28)23-10-4-7-18-6-3-8-21(26(18)23)29(32)37/h1-4,6-11,13-16,25,28H,5,12,17H2,(H,34,38)/t25?,28-,31+,32-/m0/s1. The predicted octanol–water partition coefficient (Wildman–Crippen LogP) is 5.86. The molecule has 1 unspecified atom stereocenters. The molecule has 1 aliphatic carbocycles. The number of hydrogen-bond acceptors (Lipinski definition) is 4. The van der Waals surface area contributed by atoms with Gasteiger partial charge in [0, 0.05) is 27.3 Å². The van der Waals surface area contributed by atoms with Gasteiger partial charge >= 0.3 is 0 Å². The van der Waals surface area contributed by atoms with Crippen molar-refractivity contribution in [1.82, 2.24) is 4.90 Å². The number of halogens is 1. The van der Waals surface area contributed by atoms with Crippen LogP contribution in [0.1, 0.15) is 44.7 Å². The SMILES string of the molecule is O=C(c1ccc(Br)cc1)[C@H]1[C@]2(C(=O)Nc3ccccc32)C2CCCN2[C@]12C(=O)c1cccc3cccc2c13. The van der Waals surface area contributed by atoms with Gasteiger partial charge in [-0.1, -0.05) is 82.7 Å². The lowest BCUT2D eigenvalue weighted by atomic mass is 9.59. The zero-order valence-corrected chi connectivity index (χ0v) is 22.0. The fourth-order valence-electron chi connectivity index (χ4n) is 8.19. The average Bonchev–Trinajstić information content (AvgIpc) is 3.65. The summed E-state index contributed by atoms with van der Waals surface area (Å²) in [5.74, 6) is -1.34. The smallest absolute Gasteiger partial charge is 0.237 e. The number of nitrogens with zero attached hydrogens (tertiary/aromatic N) is 1. The van der Waals surface area contributed by atoms with E-state index in [-0.39, 0.29) is 23.5 Å². The molecule has 1 amide bonds. The van der Waals surface area contributed by atoms with Crippen LogP contribution in [0.4, 0.5) is 5.69 Å². The Morgan fingerprint density at radius 1 is 0.895 bits per heavy atom. The van der Waals surface area contributed by atoms with Crippen LogP contribution in [0.3, 0.4) is 0 Å². The highest BCUT2D eigenvalue weighted by atomic mass is 79.9. The molecule has 4 aromatic rings. The molecule has 0 saturated carbocycles. The first-order valence-corrected chi connectivity index (χ1v) is 13.8. The molecular formula is C32H23BrN2O3. The molecule has 0 bridgehead atoms. The van der Waals surface area contributed by atoms with Gasteiger partial charge < -0.3 is 5.32 Å². The van der Waals surface area contributed by atoms with Crippen LogP contribution in [0.15, 0.2) is 89.4 Å². The second kappa shape index (κ2) is 7.49. The number of anilines is 1. The summed E-state index contributed by atoms with van der Waals surface area (Å²) in [5.41, 5.74) is 1.11. The Morgan fingerprint density at radius 2 is 1.63 bits per heavy atom. The molecule has 6 heteroatoms. The number of para-hydroxylation sites is 1. The molecule has 2 saturated heterocycles. The molecule has 4 aliphatic rings. The van der Waals surface area contributed by atoms with Crippen molar-refractivity contribution in [1.29, 1.82) is 0 Å². The molecule has 2 fully saturated rings. The lowest BCUT2D eigenvalue weighted by Crippen LogP contribution is -2.55. The van der Waals surface area contributed by atoms with E-state index in [1.165, 1.54) is 0 Å². The van der Waals surface area contributed by atoms with Crippen LogP contribution in [-0.4, -0.2) is 35.0 Å². The van der Waals surface area contributed by atoms with Gasteiger partial charge in [-0.15, -0.1) is 0 Å². The van der Waals surface area contributed by atoms with Crippen molar-refractivity contribution in [2.24, 2.45) is 5.92 Å². The lowest BCUT2D eigenvalue weighted by molar-refractivity contribution is -0.122. The highest BCUT2D eigenvalue weighted by molar-refractivity contribution is 9.10. The summed E-state index contributed by atoms with van der Waals surface area (Å²) in [4.78, 5) is 46.4. The molecule has 1 N–H and O–H groups in total. The average molecular weight is 563 g/mol. The molecule has 38 heavy (non-hydrogen) atoms. The van der Waals surface area contributed by atoms with Gasteiger partial charge in [0.05, 0.1) is 5.92 Å². The van der Waals surface area contributed by atoms with Gasteiger partial charge in [0.1, 0.15) is 11.0 Å². The predicted molar refractivity (Wildman–Crippen MR) is 148 cm³/mol. The fourth-order valence-corrected chi connectivity index (χ4v) is 8.46. The van der Waals surface area contributed by atoms with E-state index in [1.54, 1.807) is 12.1 Å². The van der Waals surface area contributed by atoms with Crippen LogP contribution in [-0.2, 0) is 15.7 Å². The van der Waals surface area contributed by atoms with E-state index in [1.807, 2.05) is 72.8 Å². The van der Waals surface area contributed by atoms with Crippen LogP contribution < -0.4 is 5.32 Å². The van der Waals surface area contributed by atoms with Crippen molar-refractivity contribution >= 4 is 49.9 Å². The van der Waals surface area contributed by atoms with Crippen LogP contribution in [0.25, 0.3) is 10.8 Å². The van der Waals surface area contributed by atoms with Crippen LogP contribution >= 0.6 is 15.9 Å². The number of Topliss-reactive ketones (excluding diaryl/α,β-unsaturated/α-hetero) is 2. The van der Waals surface area contributed by atoms with Crippen molar-refractivity contribution in [3.05, 3.63) is 112 Å². The third-order valence-electron chi connectivity index (χ3n) is 9.40. The first-order valence-electron chi connectivity index (χ1n) is 13.0. The minimum Gasteiger partial charge on any atom is -0.325 e. The summed E-state index contributed by atoms with van der Waals surface area (Å²) >= 11 is 3.48. The maximum absolute atomic E-state index is 14.9. The molecular weight excluding hydrogens is 540 g/mol. The summed E-state index contributed by atoms with van der Waals surface area (Å²) < 4.78 is 0.864. The largest absolute Gasteiger partial charge is 0.325 e.